The molecular weight excluding hydrogens is 256 g/mol. The molecule has 0 N–H and O–H groups in total. The fourth-order valence-corrected chi connectivity index (χ4v) is 2.44. The summed E-state index contributed by atoms with van der Waals surface area (Å²) in [6.07, 6.45) is 0. The van der Waals surface area contributed by atoms with Crippen molar-refractivity contribution in [2.75, 3.05) is 32.6 Å². The first kappa shape index (κ1) is 14.5. The predicted octanol–water partition coefficient (Wildman–Crippen LogP) is 0.506. The van der Waals surface area contributed by atoms with Crippen molar-refractivity contribution < 1.29 is 19.1 Å². The first-order valence-corrected chi connectivity index (χ1v) is 6.37. The maximum Gasteiger partial charge on any atom is 0.351 e. The molecule has 1 amide bonds. The lowest BCUT2D eigenvalue weighted by molar-refractivity contribution is -0.138. The number of ether oxygens (including phenoxy) is 2. The Morgan fingerprint density at radius 3 is 2.89 bits per heavy atom. The Morgan fingerprint density at radius 2 is 2.33 bits per heavy atom. The molecule has 0 unspecified atom stereocenters. The van der Waals surface area contributed by atoms with E-state index in [2.05, 4.69) is 0 Å². The molecule has 0 aromatic carbocycles. The van der Waals surface area contributed by atoms with Crippen LogP contribution in [0.1, 0.15) is 6.92 Å². The smallest absolute Gasteiger partial charge is 0.351 e. The zero-order valence-electron chi connectivity index (χ0n) is 10.3. The Hall–Kier alpha value is -1.52. The van der Waals surface area contributed by atoms with E-state index in [1.54, 1.807) is 13.0 Å². The Bertz CT molecular complexity index is 414. The van der Waals surface area contributed by atoms with Crippen LogP contribution in [0.25, 0.3) is 0 Å². The van der Waals surface area contributed by atoms with E-state index in [9.17, 15) is 9.59 Å². The molecule has 18 heavy (non-hydrogen) atoms. The number of amides is 1. The third-order valence-corrected chi connectivity index (χ3v) is 3.29. The highest BCUT2D eigenvalue weighted by Crippen LogP contribution is 2.31. The fourth-order valence-electron chi connectivity index (χ4n) is 1.40. The number of thioether (sulfide) groups is 1. The summed E-state index contributed by atoms with van der Waals surface area (Å²) < 4.78 is 9.69. The number of carbonyl (C=O) groups excluding carboxylic acids is 2. The van der Waals surface area contributed by atoms with Crippen LogP contribution in [0.4, 0.5) is 0 Å². The van der Waals surface area contributed by atoms with Crippen molar-refractivity contribution >= 4 is 23.6 Å². The molecule has 0 aromatic rings. The normalized spacial score (nSPS) is 17.6. The van der Waals surface area contributed by atoms with Crippen LogP contribution in [0, 0.1) is 11.3 Å². The molecule has 0 aliphatic carbocycles. The summed E-state index contributed by atoms with van der Waals surface area (Å²) in [7, 11) is 1.52. The van der Waals surface area contributed by atoms with E-state index in [0.29, 0.717) is 18.2 Å². The van der Waals surface area contributed by atoms with Gasteiger partial charge in [-0.2, -0.15) is 5.26 Å². The summed E-state index contributed by atoms with van der Waals surface area (Å²) in [6, 6.07) is 1.81. The Morgan fingerprint density at radius 1 is 1.61 bits per heavy atom. The number of carbonyl (C=O) groups is 2. The molecule has 6 nitrogen and oxygen atoms in total. The highest BCUT2D eigenvalue weighted by Gasteiger charge is 2.32. The zero-order valence-corrected chi connectivity index (χ0v) is 11.1. The number of nitrogens with zero attached hydrogens (tertiary/aromatic N) is 2. The monoisotopic (exact) mass is 270 g/mol. The molecule has 1 aliphatic heterocycles. The average molecular weight is 270 g/mol. The lowest BCUT2D eigenvalue weighted by Crippen LogP contribution is -2.29. The topological polar surface area (TPSA) is 79.6 Å². The van der Waals surface area contributed by atoms with Gasteiger partial charge in [0.25, 0.3) is 0 Å². The molecule has 1 heterocycles. The quantitative estimate of drug-likeness (QED) is 0.411. The first-order chi connectivity index (χ1) is 8.65. The maximum atomic E-state index is 11.6. The van der Waals surface area contributed by atoms with Crippen molar-refractivity contribution in [3.8, 4) is 6.07 Å². The molecule has 1 fully saturated rings. The molecule has 0 bridgehead atoms. The zero-order chi connectivity index (χ0) is 13.5. The third-order valence-electron chi connectivity index (χ3n) is 2.20. The van der Waals surface area contributed by atoms with E-state index in [1.807, 2.05) is 0 Å². The molecule has 7 heteroatoms. The predicted molar refractivity (Wildman–Crippen MR) is 65.3 cm³/mol. The van der Waals surface area contributed by atoms with Crippen molar-refractivity contribution in [1.29, 1.82) is 5.26 Å². The molecule has 0 spiro atoms. The van der Waals surface area contributed by atoms with Crippen molar-refractivity contribution in [1.82, 2.24) is 4.90 Å². The highest BCUT2D eigenvalue weighted by molar-refractivity contribution is 8.04. The second-order valence-corrected chi connectivity index (χ2v) is 4.30. The summed E-state index contributed by atoms with van der Waals surface area (Å²) >= 11 is 1.17. The van der Waals surface area contributed by atoms with Gasteiger partial charge in [0.05, 0.1) is 19.0 Å². The van der Waals surface area contributed by atoms with Crippen molar-refractivity contribution in [3.05, 3.63) is 10.6 Å². The van der Waals surface area contributed by atoms with Gasteiger partial charge in [-0.1, -0.05) is 11.8 Å². The minimum absolute atomic E-state index is 0.121. The van der Waals surface area contributed by atoms with Gasteiger partial charge in [-0.15, -0.1) is 0 Å². The number of hydrogen-bond acceptors (Lipinski definition) is 6. The SMILES string of the molecule is CCOC(=O)C(C#N)=C1SCC(=O)N1CCOC. The second kappa shape index (κ2) is 7.03. The maximum absolute atomic E-state index is 11.6. The van der Waals surface area contributed by atoms with E-state index >= 15 is 0 Å². The van der Waals surface area contributed by atoms with Crippen LogP contribution in [-0.4, -0.2) is 49.4 Å². The second-order valence-electron chi connectivity index (χ2n) is 3.34. The molecular formula is C11H14N2O4S. The van der Waals surface area contributed by atoms with Crippen LogP contribution < -0.4 is 0 Å². The summed E-state index contributed by atoms with van der Waals surface area (Å²) in [5.41, 5.74) is -0.121. The van der Waals surface area contributed by atoms with Gasteiger partial charge in [0.1, 0.15) is 11.1 Å². The van der Waals surface area contributed by atoms with Crippen molar-refractivity contribution in [2.45, 2.75) is 6.92 Å². The molecule has 0 saturated carbocycles. The van der Waals surface area contributed by atoms with Gasteiger partial charge < -0.3 is 14.4 Å². The molecule has 98 valence electrons. The van der Waals surface area contributed by atoms with E-state index in [0.717, 1.165) is 0 Å². The number of esters is 1. The lowest BCUT2D eigenvalue weighted by atomic mass is 10.3. The van der Waals surface area contributed by atoms with Crippen molar-refractivity contribution in [2.24, 2.45) is 0 Å². The van der Waals surface area contributed by atoms with Gasteiger partial charge in [0.2, 0.25) is 5.91 Å². The molecule has 1 rings (SSSR count). The van der Waals surface area contributed by atoms with Gasteiger partial charge in [-0.3, -0.25) is 4.79 Å². The van der Waals surface area contributed by atoms with Crippen LogP contribution in [0.15, 0.2) is 10.6 Å². The minimum Gasteiger partial charge on any atom is -0.462 e. The van der Waals surface area contributed by atoms with Gasteiger partial charge in [-0.25, -0.2) is 4.79 Å². The molecule has 1 saturated heterocycles. The van der Waals surface area contributed by atoms with Gasteiger partial charge >= 0.3 is 5.97 Å². The van der Waals surface area contributed by atoms with E-state index in [-0.39, 0.29) is 23.8 Å². The summed E-state index contributed by atoms with van der Waals surface area (Å²) in [6.45, 7) is 2.51. The van der Waals surface area contributed by atoms with Gasteiger partial charge in [0, 0.05) is 13.7 Å². The standard InChI is InChI=1S/C11H14N2O4S/c1-3-17-11(15)8(6-12)10-13(4-5-16-2)9(14)7-18-10/h3-5,7H2,1-2H3. The first-order valence-electron chi connectivity index (χ1n) is 5.39. The Balaban J connectivity index is 2.98. The van der Waals surface area contributed by atoms with Gasteiger partial charge in [-0.05, 0) is 6.92 Å². The molecule has 0 radical (unpaired) electrons. The summed E-state index contributed by atoms with van der Waals surface area (Å²) in [4.78, 5) is 24.6. The molecule has 0 aromatic heterocycles. The largest absolute Gasteiger partial charge is 0.462 e. The number of hydrogen-bond donors (Lipinski definition) is 0. The number of nitriles is 1. The summed E-state index contributed by atoms with van der Waals surface area (Å²) in [5.74, 6) is -0.604. The van der Waals surface area contributed by atoms with Crippen LogP contribution in [0.5, 0.6) is 0 Å². The van der Waals surface area contributed by atoms with Gasteiger partial charge in [0.15, 0.2) is 5.57 Å². The fraction of sp³-hybridized carbons (Fsp3) is 0.545. The number of methoxy groups -OCH3 is 1. The van der Waals surface area contributed by atoms with E-state index < -0.39 is 5.97 Å². The minimum atomic E-state index is -0.695. The van der Waals surface area contributed by atoms with E-state index in [1.165, 1.54) is 23.8 Å². The third kappa shape index (κ3) is 3.24. The van der Waals surface area contributed by atoms with Crippen LogP contribution in [0.3, 0.4) is 0 Å². The van der Waals surface area contributed by atoms with Crippen LogP contribution >= 0.6 is 11.8 Å². The molecule has 1 aliphatic rings. The Labute approximate surface area is 110 Å². The van der Waals surface area contributed by atoms with E-state index in [4.69, 9.17) is 14.7 Å². The summed E-state index contributed by atoms with van der Waals surface area (Å²) in [5, 5.41) is 9.38. The molecule has 0 atom stereocenters. The van der Waals surface area contributed by atoms with Crippen molar-refractivity contribution in [3.63, 3.8) is 0 Å². The Kier molecular flexibility index (Phi) is 5.68. The lowest BCUT2D eigenvalue weighted by Gasteiger charge is -2.17. The average Bonchev–Trinajstić information content (AvgIpc) is 2.70. The van der Waals surface area contributed by atoms with Crippen LogP contribution in [0.2, 0.25) is 0 Å². The highest BCUT2D eigenvalue weighted by atomic mass is 32.2. The van der Waals surface area contributed by atoms with Crippen LogP contribution in [-0.2, 0) is 19.1 Å². The number of rotatable bonds is 5.